The zero-order valence-corrected chi connectivity index (χ0v) is 20.4. The molecule has 2 aromatic rings. The summed E-state index contributed by atoms with van der Waals surface area (Å²) in [6, 6.07) is 15.0. The Kier molecular flexibility index (Phi) is 7.12. The molecule has 2 atom stereocenters. The largest absolute Gasteiger partial charge is 0.481 e. The molecule has 1 saturated heterocycles. The highest BCUT2D eigenvalue weighted by Gasteiger charge is 2.36. The van der Waals surface area contributed by atoms with Crippen LogP contribution in [0.25, 0.3) is 11.1 Å². The lowest BCUT2D eigenvalue weighted by molar-refractivity contribution is -0.140. The van der Waals surface area contributed by atoms with Crippen molar-refractivity contribution in [3.05, 3.63) is 59.7 Å². The summed E-state index contributed by atoms with van der Waals surface area (Å²) in [6.07, 6.45) is -0.377. The molecule has 2 unspecified atom stereocenters. The van der Waals surface area contributed by atoms with Crippen molar-refractivity contribution in [2.24, 2.45) is 0 Å². The van der Waals surface area contributed by atoms with Gasteiger partial charge in [-0.25, -0.2) is 4.79 Å². The number of hydrogen-bond acceptors (Lipinski definition) is 5. The van der Waals surface area contributed by atoms with Gasteiger partial charge in [0.05, 0.1) is 6.42 Å². The van der Waals surface area contributed by atoms with E-state index in [2.05, 4.69) is 36.3 Å². The predicted molar refractivity (Wildman–Crippen MR) is 132 cm³/mol. The van der Waals surface area contributed by atoms with Crippen molar-refractivity contribution in [2.45, 2.75) is 57.2 Å². The minimum absolute atomic E-state index is 0.00631. The van der Waals surface area contributed by atoms with Gasteiger partial charge in [-0.15, -0.1) is 0 Å². The molecule has 186 valence electrons. The van der Waals surface area contributed by atoms with E-state index in [0.29, 0.717) is 6.54 Å². The number of carboxylic acid groups (broad SMARTS) is 1. The van der Waals surface area contributed by atoms with E-state index in [9.17, 15) is 19.5 Å². The minimum Gasteiger partial charge on any atom is -0.481 e. The van der Waals surface area contributed by atoms with E-state index >= 15 is 0 Å². The van der Waals surface area contributed by atoms with Crippen LogP contribution in [-0.2, 0) is 14.3 Å². The van der Waals surface area contributed by atoms with Crippen molar-refractivity contribution >= 4 is 18.0 Å². The second-order valence-electron chi connectivity index (χ2n) is 10.2. The lowest BCUT2D eigenvalue weighted by Gasteiger charge is -2.49. The average Bonchev–Trinajstić information content (AvgIpc) is 3.09. The lowest BCUT2D eigenvalue weighted by Crippen LogP contribution is -2.61. The zero-order chi connectivity index (χ0) is 25.2. The number of fused-ring (bicyclic) bond motifs is 3. The van der Waals surface area contributed by atoms with Gasteiger partial charge in [-0.3, -0.25) is 14.5 Å². The van der Waals surface area contributed by atoms with E-state index in [0.717, 1.165) is 35.2 Å². The van der Waals surface area contributed by atoms with Crippen LogP contribution >= 0.6 is 0 Å². The number of aliphatic carboxylic acids is 1. The molecule has 4 rings (SSSR count). The SMILES string of the molecule is CC(C)(C)N1CCC1CNC(=O)C(CC(=O)O)NC(=O)OCC1c2ccccc2-c2ccccc21. The molecule has 2 aromatic carbocycles. The molecule has 8 nitrogen and oxygen atoms in total. The molecular formula is C27H33N3O5. The maximum absolute atomic E-state index is 12.7. The highest BCUT2D eigenvalue weighted by Crippen LogP contribution is 2.44. The van der Waals surface area contributed by atoms with Gasteiger partial charge in [-0.05, 0) is 49.4 Å². The number of benzene rings is 2. The summed E-state index contributed by atoms with van der Waals surface area (Å²) in [5.74, 6) is -1.83. The standard InChI is InChI=1S/C27H33N3O5/c1-27(2,3)30-13-12-17(30)15-28-25(33)23(14-24(31)32)29-26(34)35-16-22-20-10-6-4-8-18(20)19-9-5-7-11-21(19)22/h4-11,17,22-23H,12-16H2,1-3H3,(H,28,33)(H,29,34)(H,31,32). The topological polar surface area (TPSA) is 108 Å². The van der Waals surface area contributed by atoms with Crippen LogP contribution in [0.4, 0.5) is 4.79 Å². The molecule has 0 saturated carbocycles. The average molecular weight is 480 g/mol. The van der Waals surface area contributed by atoms with Crippen LogP contribution in [0.3, 0.4) is 0 Å². The van der Waals surface area contributed by atoms with E-state index < -0.39 is 30.4 Å². The predicted octanol–water partition coefficient (Wildman–Crippen LogP) is 3.36. The van der Waals surface area contributed by atoms with Crippen molar-refractivity contribution in [3.63, 3.8) is 0 Å². The Morgan fingerprint density at radius 1 is 1.06 bits per heavy atom. The number of likely N-dealkylation sites (tertiary alicyclic amines) is 1. The minimum atomic E-state index is -1.22. The number of carbonyl (C=O) groups is 3. The summed E-state index contributed by atoms with van der Waals surface area (Å²) >= 11 is 0. The third-order valence-electron chi connectivity index (χ3n) is 6.85. The first-order valence-corrected chi connectivity index (χ1v) is 12.0. The normalized spacial score (nSPS) is 18.1. The highest BCUT2D eigenvalue weighted by molar-refractivity contribution is 5.89. The molecule has 1 fully saturated rings. The van der Waals surface area contributed by atoms with Gasteiger partial charge in [0.25, 0.3) is 0 Å². The fourth-order valence-corrected chi connectivity index (χ4v) is 5.04. The smallest absolute Gasteiger partial charge is 0.407 e. The summed E-state index contributed by atoms with van der Waals surface area (Å²) in [5.41, 5.74) is 4.37. The Balaban J connectivity index is 1.35. The van der Waals surface area contributed by atoms with Crippen LogP contribution in [0.2, 0.25) is 0 Å². The van der Waals surface area contributed by atoms with Gasteiger partial charge in [0.1, 0.15) is 12.6 Å². The highest BCUT2D eigenvalue weighted by atomic mass is 16.5. The molecule has 8 heteroatoms. The molecule has 1 heterocycles. The Bertz CT molecular complexity index is 1060. The molecular weight excluding hydrogens is 446 g/mol. The van der Waals surface area contributed by atoms with Crippen LogP contribution in [0.1, 0.15) is 50.7 Å². The monoisotopic (exact) mass is 479 g/mol. The molecule has 3 N–H and O–H groups in total. The van der Waals surface area contributed by atoms with Crippen molar-refractivity contribution < 1.29 is 24.2 Å². The van der Waals surface area contributed by atoms with E-state index in [4.69, 9.17) is 4.74 Å². The molecule has 35 heavy (non-hydrogen) atoms. The Hall–Kier alpha value is -3.39. The molecule has 2 amide bonds. The van der Waals surface area contributed by atoms with E-state index in [1.807, 2.05) is 48.5 Å². The molecule has 1 aliphatic carbocycles. The van der Waals surface area contributed by atoms with E-state index in [-0.39, 0.29) is 24.1 Å². The van der Waals surface area contributed by atoms with E-state index in [1.165, 1.54) is 0 Å². The number of rotatable bonds is 8. The maximum atomic E-state index is 12.7. The number of carboxylic acids is 1. The quantitative estimate of drug-likeness (QED) is 0.536. The fraction of sp³-hybridized carbons (Fsp3) is 0.444. The van der Waals surface area contributed by atoms with Gasteiger partial charge in [-0.2, -0.15) is 0 Å². The first kappa shape index (κ1) is 24.7. The lowest BCUT2D eigenvalue weighted by atomic mass is 9.93. The number of amides is 2. The number of carbonyl (C=O) groups excluding carboxylic acids is 2. The second kappa shape index (κ2) is 10.1. The summed E-state index contributed by atoms with van der Waals surface area (Å²) in [5, 5.41) is 14.5. The summed E-state index contributed by atoms with van der Waals surface area (Å²) in [7, 11) is 0. The van der Waals surface area contributed by atoms with Gasteiger partial charge in [0, 0.05) is 30.6 Å². The zero-order valence-electron chi connectivity index (χ0n) is 20.4. The molecule has 0 spiro atoms. The third kappa shape index (κ3) is 5.48. The molecule has 2 aliphatic rings. The fourth-order valence-electron chi connectivity index (χ4n) is 5.04. The van der Waals surface area contributed by atoms with Crippen LogP contribution in [0, 0.1) is 0 Å². The second-order valence-corrected chi connectivity index (χ2v) is 10.2. The van der Waals surface area contributed by atoms with Crippen molar-refractivity contribution in [1.82, 2.24) is 15.5 Å². The van der Waals surface area contributed by atoms with E-state index in [1.54, 1.807) is 0 Å². The summed E-state index contributed by atoms with van der Waals surface area (Å²) in [6.45, 7) is 7.80. The Labute approximate surface area is 205 Å². The Morgan fingerprint density at radius 3 is 2.17 bits per heavy atom. The number of nitrogens with zero attached hydrogens (tertiary/aromatic N) is 1. The van der Waals surface area contributed by atoms with Crippen molar-refractivity contribution in [1.29, 1.82) is 0 Å². The van der Waals surface area contributed by atoms with Crippen LogP contribution in [0.5, 0.6) is 0 Å². The van der Waals surface area contributed by atoms with Gasteiger partial charge in [-0.1, -0.05) is 48.5 Å². The van der Waals surface area contributed by atoms with Gasteiger partial charge < -0.3 is 20.5 Å². The first-order valence-electron chi connectivity index (χ1n) is 12.0. The number of hydrogen-bond donors (Lipinski definition) is 3. The molecule has 0 bridgehead atoms. The van der Waals surface area contributed by atoms with Crippen molar-refractivity contribution in [3.8, 4) is 11.1 Å². The number of ether oxygens (including phenoxy) is 1. The van der Waals surface area contributed by atoms with Crippen LogP contribution < -0.4 is 10.6 Å². The van der Waals surface area contributed by atoms with Crippen LogP contribution in [-0.4, -0.2) is 65.3 Å². The summed E-state index contributed by atoms with van der Waals surface area (Å²) < 4.78 is 5.49. The molecule has 1 aliphatic heterocycles. The third-order valence-corrected chi connectivity index (χ3v) is 6.85. The number of nitrogens with one attached hydrogen (secondary N) is 2. The first-order chi connectivity index (χ1) is 16.6. The summed E-state index contributed by atoms with van der Waals surface area (Å²) in [4.78, 5) is 39.0. The van der Waals surface area contributed by atoms with Crippen LogP contribution in [0.15, 0.2) is 48.5 Å². The molecule has 0 radical (unpaired) electrons. The van der Waals surface area contributed by atoms with Crippen molar-refractivity contribution in [2.75, 3.05) is 19.7 Å². The molecule has 0 aromatic heterocycles. The Morgan fingerprint density at radius 2 is 1.66 bits per heavy atom. The van der Waals surface area contributed by atoms with Gasteiger partial charge >= 0.3 is 12.1 Å². The number of alkyl carbamates (subject to hydrolysis) is 1. The van der Waals surface area contributed by atoms with Gasteiger partial charge in [0.15, 0.2) is 0 Å². The van der Waals surface area contributed by atoms with Gasteiger partial charge in [0.2, 0.25) is 5.91 Å². The maximum Gasteiger partial charge on any atom is 0.407 e.